The SMILES string of the molecule is C=CC=C(C)C(=O)OCCCCCCCCCCCC. The van der Waals surface area contributed by atoms with Crippen LogP contribution < -0.4 is 0 Å². The molecule has 0 aliphatic heterocycles. The zero-order valence-electron chi connectivity index (χ0n) is 13.5. The van der Waals surface area contributed by atoms with Crippen molar-refractivity contribution in [2.24, 2.45) is 0 Å². The molecule has 2 nitrogen and oxygen atoms in total. The number of esters is 1. The van der Waals surface area contributed by atoms with Gasteiger partial charge >= 0.3 is 5.97 Å². The third kappa shape index (κ3) is 12.0. The summed E-state index contributed by atoms with van der Waals surface area (Å²) in [5, 5.41) is 0. The Kier molecular flexibility index (Phi) is 13.6. The van der Waals surface area contributed by atoms with E-state index in [0.29, 0.717) is 12.2 Å². The number of allylic oxidation sites excluding steroid dienone is 2. The molecule has 0 saturated heterocycles. The molecule has 0 rings (SSSR count). The van der Waals surface area contributed by atoms with Gasteiger partial charge in [-0.3, -0.25) is 0 Å². The summed E-state index contributed by atoms with van der Waals surface area (Å²) < 4.78 is 5.17. The Hall–Kier alpha value is -1.05. The lowest BCUT2D eigenvalue weighted by molar-refractivity contribution is -0.139. The largest absolute Gasteiger partial charge is 0.462 e. The Morgan fingerprint density at radius 1 is 0.950 bits per heavy atom. The third-order valence-electron chi connectivity index (χ3n) is 3.42. The van der Waals surface area contributed by atoms with Gasteiger partial charge in [-0.1, -0.05) is 83.4 Å². The van der Waals surface area contributed by atoms with E-state index in [9.17, 15) is 4.79 Å². The van der Waals surface area contributed by atoms with Gasteiger partial charge in [-0.15, -0.1) is 0 Å². The average Bonchev–Trinajstić information content (AvgIpc) is 2.44. The van der Waals surface area contributed by atoms with Gasteiger partial charge in [-0.2, -0.15) is 0 Å². The molecule has 2 heteroatoms. The average molecular weight is 280 g/mol. The summed E-state index contributed by atoms with van der Waals surface area (Å²) in [6.45, 7) is 8.10. The molecule has 116 valence electrons. The lowest BCUT2D eigenvalue weighted by Gasteiger charge is -2.05. The molecule has 0 heterocycles. The molecule has 0 spiro atoms. The number of carbonyl (C=O) groups is 1. The molecule has 0 saturated carbocycles. The highest BCUT2D eigenvalue weighted by atomic mass is 16.5. The molecule has 0 aromatic heterocycles. The van der Waals surface area contributed by atoms with Gasteiger partial charge in [-0.25, -0.2) is 4.79 Å². The van der Waals surface area contributed by atoms with E-state index < -0.39 is 0 Å². The molecule has 0 aliphatic rings. The van der Waals surface area contributed by atoms with Crippen molar-refractivity contribution >= 4 is 5.97 Å². The molecular formula is C18H32O2. The molecule has 20 heavy (non-hydrogen) atoms. The molecule has 0 unspecified atom stereocenters. The maximum atomic E-state index is 11.5. The molecule has 0 fully saturated rings. The van der Waals surface area contributed by atoms with E-state index in [1.807, 2.05) is 0 Å². The molecule has 0 N–H and O–H groups in total. The van der Waals surface area contributed by atoms with Crippen LogP contribution in [-0.4, -0.2) is 12.6 Å². The van der Waals surface area contributed by atoms with E-state index in [1.165, 1.54) is 51.4 Å². The molecule has 0 radical (unpaired) electrons. The molecule has 0 aromatic rings. The lowest BCUT2D eigenvalue weighted by atomic mass is 10.1. The minimum atomic E-state index is -0.221. The quantitative estimate of drug-likeness (QED) is 0.190. The predicted molar refractivity (Wildman–Crippen MR) is 86.8 cm³/mol. The highest BCUT2D eigenvalue weighted by Crippen LogP contribution is 2.10. The predicted octanol–water partition coefficient (Wildman–Crippen LogP) is 5.58. The Bertz CT molecular complexity index is 279. The van der Waals surface area contributed by atoms with Crippen LogP contribution in [0.3, 0.4) is 0 Å². The van der Waals surface area contributed by atoms with Crippen molar-refractivity contribution in [1.29, 1.82) is 0 Å². The molecule has 0 bridgehead atoms. The fourth-order valence-corrected chi connectivity index (χ4v) is 2.11. The molecule has 0 amide bonds. The topological polar surface area (TPSA) is 26.3 Å². The lowest BCUT2D eigenvalue weighted by Crippen LogP contribution is -2.06. The van der Waals surface area contributed by atoms with Crippen molar-refractivity contribution in [3.63, 3.8) is 0 Å². The van der Waals surface area contributed by atoms with Crippen LogP contribution in [0.1, 0.15) is 78.1 Å². The molecule has 0 atom stereocenters. The summed E-state index contributed by atoms with van der Waals surface area (Å²) in [6, 6.07) is 0. The smallest absolute Gasteiger partial charge is 0.333 e. The molecular weight excluding hydrogens is 248 g/mol. The van der Waals surface area contributed by atoms with Gasteiger partial charge in [0.25, 0.3) is 0 Å². The molecule has 0 aromatic carbocycles. The van der Waals surface area contributed by atoms with Gasteiger partial charge in [0, 0.05) is 5.57 Å². The normalized spacial score (nSPS) is 11.4. The first-order valence-electron chi connectivity index (χ1n) is 8.18. The van der Waals surface area contributed by atoms with Crippen LogP contribution in [0.25, 0.3) is 0 Å². The minimum absolute atomic E-state index is 0.221. The van der Waals surface area contributed by atoms with E-state index >= 15 is 0 Å². The Morgan fingerprint density at radius 2 is 1.45 bits per heavy atom. The van der Waals surface area contributed by atoms with Crippen LogP contribution in [0.4, 0.5) is 0 Å². The van der Waals surface area contributed by atoms with Crippen LogP contribution in [0.15, 0.2) is 24.3 Å². The van der Waals surface area contributed by atoms with Crippen molar-refractivity contribution in [2.45, 2.75) is 78.1 Å². The second kappa shape index (κ2) is 14.4. The first-order chi connectivity index (χ1) is 9.72. The van der Waals surface area contributed by atoms with Gasteiger partial charge in [0.15, 0.2) is 0 Å². The van der Waals surface area contributed by atoms with E-state index in [1.54, 1.807) is 19.1 Å². The van der Waals surface area contributed by atoms with Gasteiger partial charge < -0.3 is 4.74 Å². The number of hydrogen-bond donors (Lipinski definition) is 0. The van der Waals surface area contributed by atoms with E-state index in [2.05, 4.69) is 13.5 Å². The van der Waals surface area contributed by atoms with Crippen LogP contribution in [0.5, 0.6) is 0 Å². The highest BCUT2D eigenvalue weighted by molar-refractivity contribution is 5.88. The van der Waals surface area contributed by atoms with Crippen molar-refractivity contribution in [3.8, 4) is 0 Å². The summed E-state index contributed by atoms with van der Waals surface area (Å²) in [7, 11) is 0. The van der Waals surface area contributed by atoms with Gasteiger partial charge in [0.1, 0.15) is 0 Å². The van der Waals surface area contributed by atoms with Crippen molar-refractivity contribution in [3.05, 3.63) is 24.3 Å². The number of rotatable bonds is 13. The van der Waals surface area contributed by atoms with Crippen LogP contribution in [0, 0.1) is 0 Å². The fraction of sp³-hybridized carbons (Fsp3) is 0.722. The Labute approximate surface area is 125 Å². The summed E-state index contributed by atoms with van der Waals surface area (Å²) in [5.41, 5.74) is 0.618. The first kappa shape index (κ1) is 18.9. The molecule has 0 aliphatic carbocycles. The second-order valence-electron chi connectivity index (χ2n) is 5.40. The summed E-state index contributed by atoms with van der Waals surface area (Å²) >= 11 is 0. The zero-order chi connectivity index (χ0) is 15.1. The monoisotopic (exact) mass is 280 g/mol. The van der Waals surface area contributed by atoms with Crippen molar-refractivity contribution < 1.29 is 9.53 Å². The number of hydrogen-bond acceptors (Lipinski definition) is 2. The zero-order valence-corrected chi connectivity index (χ0v) is 13.5. The van der Waals surface area contributed by atoms with Gasteiger partial charge in [-0.05, 0) is 13.3 Å². The number of ether oxygens (including phenoxy) is 1. The van der Waals surface area contributed by atoms with E-state index in [0.717, 1.165) is 12.8 Å². The standard InChI is InChI=1S/C18H32O2/c1-4-6-7-8-9-10-11-12-13-14-16-20-18(19)17(3)15-5-2/h5,15H,2,4,6-14,16H2,1,3H3. The maximum absolute atomic E-state index is 11.5. The Balaban J connectivity index is 3.26. The number of carbonyl (C=O) groups excluding carboxylic acids is 1. The fourth-order valence-electron chi connectivity index (χ4n) is 2.11. The van der Waals surface area contributed by atoms with E-state index in [-0.39, 0.29) is 5.97 Å². The minimum Gasteiger partial charge on any atom is -0.462 e. The van der Waals surface area contributed by atoms with Crippen molar-refractivity contribution in [1.82, 2.24) is 0 Å². The van der Waals surface area contributed by atoms with Crippen LogP contribution in [-0.2, 0) is 9.53 Å². The summed E-state index contributed by atoms with van der Waals surface area (Å²) in [6.07, 6.45) is 16.2. The van der Waals surface area contributed by atoms with Crippen LogP contribution >= 0.6 is 0 Å². The Morgan fingerprint density at radius 3 is 1.95 bits per heavy atom. The van der Waals surface area contributed by atoms with E-state index in [4.69, 9.17) is 4.74 Å². The van der Waals surface area contributed by atoms with Gasteiger partial charge in [0.05, 0.1) is 6.61 Å². The van der Waals surface area contributed by atoms with Crippen LogP contribution in [0.2, 0.25) is 0 Å². The van der Waals surface area contributed by atoms with Crippen molar-refractivity contribution in [2.75, 3.05) is 6.61 Å². The second-order valence-corrected chi connectivity index (χ2v) is 5.40. The number of unbranched alkanes of at least 4 members (excludes halogenated alkanes) is 9. The maximum Gasteiger partial charge on any atom is 0.333 e. The van der Waals surface area contributed by atoms with Gasteiger partial charge in [0.2, 0.25) is 0 Å². The first-order valence-corrected chi connectivity index (χ1v) is 8.18. The summed E-state index contributed by atoms with van der Waals surface area (Å²) in [4.78, 5) is 11.5. The third-order valence-corrected chi connectivity index (χ3v) is 3.42. The highest BCUT2D eigenvalue weighted by Gasteiger charge is 2.03. The summed E-state index contributed by atoms with van der Waals surface area (Å²) in [5.74, 6) is -0.221.